The van der Waals surface area contributed by atoms with Crippen LogP contribution in [-0.4, -0.2) is 26.3 Å². The lowest BCUT2D eigenvalue weighted by Gasteiger charge is -2.29. The van der Waals surface area contributed by atoms with Crippen LogP contribution in [0.3, 0.4) is 0 Å². The van der Waals surface area contributed by atoms with E-state index in [9.17, 15) is 22.4 Å². The number of hydrogen-bond donors (Lipinski definition) is 0. The number of nitrogens with zero attached hydrogens (tertiary/aromatic N) is 2. The normalized spacial score (nSPS) is 20.8. The fourth-order valence-electron chi connectivity index (χ4n) is 4.93. The van der Waals surface area contributed by atoms with E-state index >= 15 is 0 Å². The second-order valence-electron chi connectivity index (χ2n) is 9.03. The molecule has 0 radical (unpaired) electrons. The summed E-state index contributed by atoms with van der Waals surface area (Å²) in [4.78, 5) is 34.3. The van der Waals surface area contributed by atoms with Crippen molar-refractivity contribution in [1.29, 1.82) is 0 Å². The molecule has 4 aromatic carbocycles. The quantitative estimate of drug-likeness (QED) is 0.258. The van der Waals surface area contributed by atoms with Crippen molar-refractivity contribution in [1.82, 2.24) is 0 Å². The number of anilines is 2. The maximum Gasteiger partial charge on any atom is 0.339 e. The number of carbonyl (C=O) groups excluding carboxylic acids is 2. The summed E-state index contributed by atoms with van der Waals surface area (Å²) in [5.41, 5.74) is 1.12. The number of benzene rings is 4. The van der Waals surface area contributed by atoms with Crippen molar-refractivity contribution in [3.8, 4) is 5.75 Å². The Kier molecular flexibility index (Phi) is 6.13. The minimum atomic E-state index is -4.21. The van der Waals surface area contributed by atoms with E-state index in [1.807, 2.05) is 6.07 Å². The highest BCUT2D eigenvalue weighted by molar-refractivity contribution is 7.87. The maximum absolute atomic E-state index is 13.8. The fourth-order valence-corrected chi connectivity index (χ4v) is 5.90. The smallest absolute Gasteiger partial charge is 0.339 e. The second kappa shape index (κ2) is 9.64. The first-order chi connectivity index (χ1) is 18.8. The molecule has 2 fully saturated rings. The van der Waals surface area contributed by atoms with Gasteiger partial charge >= 0.3 is 10.1 Å². The van der Waals surface area contributed by atoms with Crippen molar-refractivity contribution >= 4 is 33.3 Å². The molecular formula is C29H21FN2O6S. The van der Waals surface area contributed by atoms with Crippen LogP contribution in [0.25, 0.3) is 0 Å². The third-order valence-electron chi connectivity index (χ3n) is 6.68. The third kappa shape index (κ3) is 4.33. The zero-order chi connectivity index (χ0) is 27.1. The van der Waals surface area contributed by atoms with E-state index in [2.05, 4.69) is 0 Å². The molecule has 10 heteroatoms. The molecule has 4 aromatic rings. The molecule has 0 aliphatic carbocycles. The number of hydrogen-bond acceptors (Lipinski definition) is 7. The largest absolute Gasteiger partial charge is 0.379 e. The van der Waals surface area contributed by atoms with Crippen LogP contribution in [0.1, 0.15) is 11.6 Å². The van der Waals surface area contributed by atoms with E-state index in [1.54, 1.807) is 60.7 Å². The fraction of sp³-hybridized carbons (Fsp3) is 0.103. The third-order valence-corrected chi connectivity index (χ3v) is 7.93. The Hall–Kier alpha value is -4.54. The number of amides is 2. The molecule has 2 aliphatic rings. The van der Waals surface area contributed by atoms with Crippen molar-refractivity contribution in [3.05, 3.63) is 121 Å². The number of imide groups is 1. The molecule has 2 heterocycles. The van der Waals surface area contributed by atoms with Gasteiger partial charge in [-0.25, -0.2) is 14.4 Å². The molecule has 0 saturated carbocycles. The predicted octanol–water partition coefficient (Wildman–Crippen LogP) is 4.64. The zero-order valence-corrected chi connectivity index (χ0v) is 21.1. The topological polar surface area (TPSA) is 93.2 Å². The van der Waals surface area contributed by atoms with Crippen LogP contribution in [0.4, 0.5) is 15.8 Å². The van der Waals surface area contributed by atoms with Crippen molar-refractivity contribution in [3.63, 3.8) is 0 Å². The van der Waals surface area contributed by atoms with E-state index in [0.717, 1.165) is 17.0 Å². The first kappa shape index (κ1) is 24.8. The molecule has 0 aromatic heterocycles. The standard InChI is InChI=1S/C29H21FN2O6S/c30-19-15-17-20(18-16-19)31-28(33)25-26(32(37-27(25)29(31)34)21-9-3-1-4-10-21)23-13-7-8-14-24(23)38-39(35,36)22-11-5-2-6-12-22/h1-18,25-27H/t25-,26+,27+/m0/s1. The lowest BCUT2D eigenvalue weighted by molar-refractivity contribution is -0.126. The van der Waals surface area contributed by atoms with Crippen LogP contribution in [0.5, 0.6) is 5.75 Å². The number of halogens is 1. The van der Waals surface area contributed by atoms with Crippen LogP contribution >= 0.6 is 0 Å². The molecule has 6 rings (SSSR count). The highest BCUT2D eigenvalue weighted by Gasteiger charge is 2.60. The van der Waals surface area contributed by atoms with Gasteiger partial charge in [0, 0.05) is 5.56 Å². The molecular weight excluding hydrogens is 523 g/mol. The Morgan fingerprint density at radius 3 is 2.03 bits per heavy atom. The molecule has 196 valence electrons. The Labute approximate surface area is 223 Å². The monoisotopic (exact) mass is 544 g/mol. The van der Waals surface area contributed by atoms with Crippen molar-refractivity contribution in [2.45, 2.75) is 17.0 Å². The molecule has 0 N–H and O–H groups in total. The molecule has 0 unspecified atom stereocenters. The lowest BCUT2D eigenvalue weighted by atomic mass is 9.90. The first-order valence-electron chi connectivity index (χ1n) is 12.1. The van der Waals surface area contributed by atoms with Gasteiger partial charge in [0.25, 0.3) is 5.91 Å². The van der Waals surface area contributed by atoms with Gasteiger partial charge in [-0.15, -0.1) is 0 Å². The van der Waals surface area contributed by atoms with Crippen LogP contribution in [0, 0.1) is 11.7 Å². The number of fused-ring (bicyclic) bond motifs is 1. The minimum Gasteiger partial charge on any atom is -0.379 e. The molecule has 2 aliphatic heterocycles. The number of hydroxylamine groups is 1. The summed E-state index contributed by atoms with van der Waals surface area (Å²) in [5, 5.41) is 1.45. The van der Waals surface area contributed by atoms with Gasteiger partial charge in [-0.1, -0.05) is 54.6 Å². The summed E-state index contributed by atoms with van der Waals surface area (Å²) in [6, 6.07) is 27.1. The summed E-state index contributed by atoms with van der Waals surface area (Å²) in [6.07, 6.45) is -1.19. The first-order valence-corrected chi connectivity index (χ1v) is 13.5. The van der Waals surface area contributed by atoms with Gasteiger partial charge in [-0.3, -0.25) is 14.4 Å². The highest BCUT2D eigenvalue weighted by atomic mass is 32.2. The van der Waals surface area contributed by atoms with Crippen molar-refractivity contribution < 1.29 is 31.4 Å². The van der Waals surface area contributed by atoms with E-state index in [4.69, 9.17) is 9.02 Å². The van der Waals surface area contributed by atoms with E-state index in [-0.39, 0.29) is 16.3 Å². The van der Waals surface area contributed by atoms with Gasteiger partial charge in [0.15, 0.2) is 6.10 Å². The van der Waals surface area contributed by atoms with E-state index < -0.39 is 45.8 Å². The van der Waals surface area contributed by atoms with Gasteiger partial charge < -0.3 is 4.18 Å². The molecule has 2 amide bonds. The number of para-hydroxylation sites is 2. The zero-order valence-electron chi connectivity index (χ0n) is 20.3. The SMILES string of the molecule is O=C1[C@H]2[C@@H](c3ccccc3OS(=O)(=O)c3ccccc3)N(c3ccccc3)O[C@H]2C(=O)N1c1ccc(F)cc1. The Morgan fingerprint density at radius 1 is 0.718 bits per heavy atom. The second-order valence-corrected chi connectivity index (χ2v) is 10.6. The van der Waals surface area contributed by atoms with Crippen LogP contribution in [0.2, 0.25) is 0 Å². The van der Waals surface area contributed by atoms with Crippen molar-refractivity contribution in [2.75, 3.05) is 9.96 Å². The van der Waals surface area contributed by atoms with Gasteiger partial charge in [0.2, 0.25) is 5.91 Å². The van der Waals surface area contributed by atoms with Crippen LogP contribution in [-0.2, 0) is 24.5 Å². The Balaban J connectivity index is 1.44. The maximum atomic E-state index is 13.8. The average molecular weight is 545 g/mol. The van der Waals surface area contributed by atoms with Gasteiger partial charge in [0.05, 0.1) is 17.4 Å². The summed E-state index contributed by atoms with van der Waals surface area (Å²) < 4.78 is 45.3. The average Bonchev–Trinajstić information content (AvgIpc) is 3.46. The number of rotatable bonds is 6. The summed E-state index contributed by atoms with van der Waals surface area (Å²) in [5.74, 6) is -2.70. The molecule has 39 heavy (non-hydrogen) atoms. The molecule has 3 atom stereocenters. The molecule has 0 spiro atoms. The molecule has 2 saturated heterocycles. The van der Waals surface area contributed by atoms with Crippen molar-refractivity contribution in [2.24, 2.45) is 5.92 Å². The predicted molar refractivity (Wildman–Crippen MR) is 140 cm³/mol. The van der Waals surface area contributed by atoms with Gasteiger partial charge in [-0.05, 0) is 54.6 Å². The summed E-state index contributed by atoms with van der Waals surface area (Å²) in [7, 11) is -4.21. The summed E-state index contributed by atoms with van der Waals surface area (Å²) in [6.45, 7) is 0. The summed E-state index contributed by atoms with van der Waals surface area (Å²) >= 11 is 0. The Bertz CT molecular complexity index is 1650. The molecule has 0 bridgehead atoms. The van der Waals surface area contributed by atoms with E-state index in [0.29, 0.717) is 11.3 Å². The molecule has 8 nitrogen and oxygen atoms in total. The Morgan fingerprint density at radius 2 is 1.33 bits per heavy atom. The highest BCUT2D eigenvalue weighted by Crippen LogP contribution is 2.49. The van der Waals surface area contributed by atoms with Gasteiger partial charge in [0.1, 0.15) is 22.4 Å². The van der Waals surface area contributed by atoms with Crippen LogP contribution < -0.4 is 14.1 Å². The minimum absolute atomic E-state index is 0.00276. The number of carbonyl (C=O) groups is 2. The lowest BCUT2D eigenvalue weighted by Crippen LogP contribution is -2.37. The van der Waals surface area contributed by atoms with Gasteiger partial charge in [-0.2, -0.15) is 8.42 Å². The van der Waals surface area contributed by atoms with Crippen LogP contribution in [0.15, 0.2) is 114 Å². The van der Waals surface area contributed by atoms with E-state index in [1.165, 1.54) is 35.4 Å².